The average molecular weight is 349 g/mol. The number of nitrogens with zero attached hydrogens (tertiary/aromatic N) is 3. The van der Waals surface area contributed by atoms with Gasteiger partial charge in [-0.25, -0.2) is 22.8 Å². The van der Waals surface area contributed by atoms with Gasteiger partial charge in [0.1, 0.15) is 5.82 Å². The lowest BCUT2D eigenvalue weighted by atomic mass is 10.1. The van der Waals surface area contributed by atoms with Crippen molar-refractivity contribution in [2.45, 2.75) is 25.0 Å². The molecule has 0 saturated carbocycles. The Morgan fingerprint density at radius 1 is 1.29 bits per heavy atom. The topological polar surface area (TPSA) is 63.2 Å². The van der Waals surface area contributed by atoms with Crippen LogP contribution in [0.4, 0.5) is 10.3 Å². The molecule has 5 nitrogen and oxygen atoms in total. The van der Waals surface area contributed by atoms with Crippen LogP contribution in [0.25, 0.3) is 11.3 Å². The maximum atomic E-state index is 14.1. The number of hydrogen-bond donors (Lipinski definition) is 0. The molecule has 0 aliphatic carbocycles. The lowest BCUT2D eigenvalue weighted by Gasteiger charge is -2.32. The Morgan fingerprint density at radius 3 is 2.75 bits per heavy atom. The first kappa shape index (κ1) is 16.8. The van der Waals surface area contributed by atoms with E-state index in [1.54, 1.807) is 24.4 Å². The maximum absolute atomic E-state index is 14.1. The third kappa shape index (κ3) is 3.40. The maximum Gasteiger partial charge on any atom is 0.225 e. The van der Waals surface area contributed by atoms with Crippen LogP contribution >= 0.6 is 0 Å². The molecule has 0 bridgehead atoms. The van der Waals surface area contributed by atoms with Crippen LogP contribution in [0, 0.1) is 12.7 Å². The second kappa shape index (κ2) is 6.47. The van der Waals surface area contributed by atoms with Gasteiger partial charge in [0, 0.05) is 31.1 Å². The number of piperidine rings is 1. The molecular weight excluding hydrogens is 329 g/mol. The van der Waals surface area contributed by atoms with E-state index in [-0.39, 0.29) is 5.82 Å². The zero-order valence-corrected chi connectivity index (χ0v) is 14.6. The van der Waals surface area contributed by atoms with Crippen LogP contribution < -0.4 is 4.90 Å². The Labute approximate surface area is 141 Å². The molecule has 128 valence electrons. The molecule has 1 aromatic carbocycles. The van der Waals surface area contributed by atoms with Gasteiger partial charge >= 0.3 is 0 Å². The lowest BCUT2D eigenvalue weighted by molar-refractivity contribution is 0.531. The molecule has 0 radical (unpaired) electrons. The van der Waals surface area contributed by atoms with Gasteiger partial charge in [-0.05, 0) is 37.5 Å². The van der Waals surface area contributed by atoms with Crippen molar-refractivity contribution < 1.29 is 12.8 Å². The standard InChI is InChI=1S/C17H20FN3O2S/c1-12-10-19-17(20-16(12)14-7-3-4-8-15(14)18)21-9-5-6-13(11-21)24(2,22)23/h3-4,7-8,10,13H,5-6,9,11H2,1-2H3. The van der Waals surface area contributed by atoms with Gasteiger partial charge in [0.15, 0.2) is 9.84 Å². The summed E-state index contributed by atoms with van der Waals surface area (Å²) in [5.74, 6) is 0.116. The van der Waals surface area contributed by atoms with E-state index in [1.165, 1.54) is 12.3 Å². The zero-order chi connectivity index (χ0) is 17.3. The second-order valence-electron chi connectivity index (χ2n) is 6.22. The Balaban J connectivity index is 1.96. The predicted octanol–water partition coefficient (Wildman–Crippen LogP) is 2.60. The molecule has 1 atom stereocenters. The van der Waals surface area contributed by atoms with Gasteiger partial charge in [0.05, 0.1) is 10.9 Å². The van der Waals surface area contributed by atoms with Crippen LogP contribution in [0.2, 0.25) is 0 Å². The van der Waals surface area contributed by atoms with Crippen LogP contribution in [0.15, 0.2) is 30.5 Å². The zero-order valence-electron chi connectivity index (χ0n) is 13.7. The Hall–Kier alpha value is -2.02. The highest BCUT2D eigenvalue weighted by molar-refractivity contribution is 7.91. The molecule has 2 aromatic rings. The van der Waals surface area contributed by atoms with E-state index >= 15 is 0 Å². The van der Waals surface area contributed by atoms with Crippen LogP contribution in [-0.4, -0.2) is 43.0 Å². The third-order valence-corrected chi connectivity index (χ3v) is 5.95. The molecule has 1 fully saturated rings. The summed E-state index contributed by atoms with van der Waals surface area (Å²) < 4.78 is 37.8. The van der Waals surface area contributed by atoms with E-state index in [0.29, 0.717) is 36.7 Å². The van der Waals surface area contributed by atoms with E-state index in [4.69, 9.17) is 0 Å². The molecule has 7 heteroatoms. The van der Waals surface area contributed by atoms with Gasteiger partial charge in [0.2, 0.25) is 5.95 Å². The Morgan fingerprint density at radius 2 is 2.04 bits per heavy atom. The highest BCUT2D eigenvalue weighted by Gasteiger charge is 2.29. The molecule has 3 rings (SSSR count). The van der Waals surface area contributed by atoms with Crippen LogP contribution in [0.5, 0.6) is 0 Å². The van der Waals surface area contributed by atoms with Crippen molar-refractivity contribution in [3.8, 4) is 11.3 Å². The fourth-order valence-corrected chi connectivity index (χ4v) is 4.03. The minimum absolute atomic E-state index is 0.335. The number of sulfone groups is 1. The van der Waals surface area contributed by atoms with Crippen molar-refractivity contribution in [2.75, 3.05) is 24.2 Å². The molecule has 2 heterocycles. The molecular formula is C17H20FN3O2S. The molecule has 1 unspecified atom stereocenters. The molecule has 0 spiro atoms. The van der Waals surface area contributed by atoms with E-state index in [0.717, 1.165) is 12.0 Å². The van der Waals surface area contributed by atoms with Gasteiger partial charge in [-0.3, -0.25) is 0 Å². The van der Waals surface area contributed by atoms with Gasteiger partial charge in [-0.1, -0.05) is 12.1 Å². The van der Waals surface area contributed by atoms with Crippen molar-refractivity contribution in [1.29, 1.82) is 0 Å². The van der Waals surface area contributed by atoms with Crippen molar-refractivity contribution in [3.05, 3.63) is 41.8 Å². The van der Waals surface area contributed by atoms with Gasteiger partial charge in [0.25, 0.3) is 0 Å². The van der Waals surface area contributed by atoms with E-state index in [1.807, 2.05) is 11.8 Å². The minimum atomic E-state index is -3.10. The highest BCUT2D eigenvalue weighted by atomic mass is 32.2. The van der Waals surface area contributed by atoms with Gasteiger partial charge in [-0.15, -0.1) is 0 Å². The minimum Gasteiger partial charge on any atom is -0.340 e. The normalized spacial score (nSPS) is 18.6. The van der Waals surface area contributed by atoms with Gasteiger partial charge in [-0.2, -0.15) is 0 Å². The molecule has 0 N–H and O–H groups in total. The number of aromatic nitrogens is 2. The lowest BCUT2D eigenvalue weighted by Crippen LogP contribution is -2.42. The molecule has 24 heavy (non-hydrogen) atoms. The van der Waals surface area contributed by atoms with E-state index in [9.17, 15) is 12.8 Å². The number of halogens is 1. The first-order valence-corrected chi connectivity index (χ1v) is 9.84. The van der Waals surface area contributed by atoms with E-state index < -0.39 is 15.1 Å². The number of hydrogen-bond acceptors (Lipinski definition) is 5. The van der Waals surface area contributed by atoms with Crippen LogP contribution in [0.1, 0.15) is 18.4 Å². The third-order valence-electron chi connectivity index (χ3n) is 4.35. The van der Waals surface area contributed by atoms with E-state index in [2.05, 4.69) is 9.97 Å². The molecule has 1 saturated heterocycles. The quantitative estimate of drug-likeness (QED) is 0.852. The largest absolute Gasteiger partial charge is 0.340 e. The van der Waals surface area contributed by atoms with Gasteiger partial charge < -0.3 is 4.90 Å². The summed E-state index contributed by atoms with van der Waals surface area (Å²) in [5, 5.41) is -0.409. The first-order chi connectivity index (χ1) is 11.4. The Bertz CT molecular complexity index is 855. The highest BCUT2D eigenvalue weighted by Crippen LogP contribution is 2.27. The summed E-state index contributed by atoms with van der Waals surface area (Å²) in [6, 6.07) is 6.49. The first-order valence-electron chi connectivity index (χ1n) is 7.88. The van der Waals surface area contributed by atoms with Crippen molar-refractivity contribution in [2.24, 2.45) is 0 Å². The fourth-order valence-electron chi connectivity index (χ4n) is 2.98. The van der Waals surface area contributed by atoms with Crippen molar-refractivity contribution in [3.63, 3.8) is 0 Å². The molecule has 0 amide bonds. The molecule has 1 aromatic heterocycles. The number of anilines is 1. The summed E-state index contributed by atoms with van der Waals surface area (Å²) >= 11 is 0. The summed E-state index contributed by atoms with van der Waals surface area (Å²) in [5.41, 5.74) is 1.75. The summed E-state index contributed by atoms with van der Waals surface area (Å²) in [6.07, 6.45) is 4.35. The average Bonchev–Trinajstić information content (AvgIpc) is 2.55. The second-order valence-corrected chi connectivity index (χ2v) is 8.55. The SMILES string of the molecule is Cc1cnc(N2CCCC(S(C)(=O)=O)C2)nc1-c1ccccc1F. The van der Waals surface area contributed by atoms with Crippen molar-refractivity contribution in [1.82, 2.24) is 9.97 Å². The summed E-state index contributed by atoms with van der Waals surface area (Å²) in [4.78, 5) is 10.7. The summed E-state index contributed by atoms with van der Waals surface area (Å²) in [6.45, 7) is 2.91. The number of benzene rings is 1. The predicted molar refractivity (Wildman–Crippen MR) is 92.2 cm³/mol. The van der Waals surface area contributed by atoms with Crippen LogP contribution in [-0.2, 0) is 9.84 Å². The number of aryl methyl sites for hydroxylation is 1. The Kier molecular flexibility index (Phi) is 4.54. The van der Waals surface area contributed by atoms with Crippen molar-refractivity contribution >= 4 is 15.8 Å². The number of rotatable bonds is 3. The fraction of sp³-hybridized carbons (Fsp3) is 0.412. The summed E-state index contributed by atoms with van der Waals surface area (Å²) in [7, 11) is -3.10. The molecule has 1 aliphatic rings. The van der Waals surface area contributed by atoms with Crippen LogP contribution in [0.3, 0.4) is 0 Å². The smallest absolute Gasteiger partial charge is 0.225 e. The molecule has 1 aliphatic heterocycles. The monoisotopic (exact) mass is 349 g/mol.